The number of halogens is 2. The minimum atomic E-state index is -0.111. The van der Waals surface area contributed by atoms with E-state index >= 15 is 0 Å². The standard InChI is InChI=1S/C17H22N4O.2ClH/c1-21(2)16(13-6-4-3-5-7-13)12-20-17(22)14-8-9-19-15(10-14)11-18;;/h3-10,16H,11-12,18H2,1-2H3,(H,20,22);2*1H. The maximum absolute atomic E-state index is 12.3. The Morgan fingerprint density at radius 3 is 2.46 bits per heavy atom. The van der Waals surface area contributed by atoms with E-state index in [0.29, 0.717) is 24.3 Å². The van der Waals surface area contributed by atoms with Crippen molar-refractivity contribution in [3.63, 3.8) is 0 Å². The van der Waals surface area contributed by atoms with Gasteiger partial charge in [0.15, 0.2) is 0 Å². The molecule has 24 heavy (non-hydrogen) atoms. The van der Waals surface area contributed by atoms with E-state index in [-0.39, 0.29) is 36.8 Å². The zero-order chi connectivity index (χ0) is 15.9. The van der Waals surface area contributed by atoms with Crippen LogP contribution in [0.3, 0.4) is 0 Å². The lowest BCUT2D eigenvalue weighted by atomic mass is 10.1. The van der Waals surface area contributed by atoms with Crippen LogP contribution in [0.15, 0.2) is 48.7 Å². The van der Waals surface area contributed by atoms with Crippen molar-refractivity contribution in [2.75, 3.05) is 20.6 Å². The Hall–Kier alpha value is -1.66. The fraction of sp³-hybridized carbons (Fsp3) is 0.294. The lowest BCUT2D eigenvalue weighted by molar-refractivity contribution is 0.0941. The van der Waals surface area contributed by atoms with Crippen molar-refractivity contribution in [2.45, 2.75) is 12.6 Å². The fourth-order valence-corrected chi connectivity index (χ4v) is 2.30. The van der Waals surface area contributed by atoms with Crippen LogP contribution in [0.5, 0.6) is 0 Å². The lowest BCUT2D eigenvalue weighted by Crippen LogP contribution is -2.34. The van der Waals surface area contributed by atoms with Gasteiger partial charge in [-0.15, -0.1) is 24.8 Å². The summed E-state index contributed by atoms with van der Waals surface area (Å²) in [6, 6.07) is 13.7. The Labute approximate surface area is 155 Å². The molecule has 0 spiro atoms. The Morgan fingerprint density at radius 1 is 1.21 bits per heavy atom. The quantitative estimate of drug-likeness (QED) is 0.818. The molecule has 0 saturated heterocycles. The molecule has 0 aliphatic heterocycles. The number of amides is 1. The van der Waals surface area contributed by atoms with Crippen molar-refractivity contribution in [3.05, 3.63) is 65.5 Å². The van der Waals surface area contributed by atoms with Crippen LogP contribution in [-0.4, -0.2) is 36.4 Å². The van der Waals surface area contributed by atoms with Gasteiger partial charge in [0.2, 0.25) is 0 Å². The Morgan fingerprint density at radius 2 is 1.88 bits per heavy atom. The third kappa shape index (κ3) is 6.09. The van der Waals surface area contributed by atoms with E-state index in [9.17, 15) is 4.79 Å². The number of nitrogens with zero attached hydrogens (tertiary/aromatic N) is 2. The maximum Gasteiger partial charge on any atom is 0.251 e. The molecule has 0 aliphatic rings. The van der Waals surface area contributed by atoms with Crippen LogP contribution in [-0.2, 0) is 6.54 Å². The molecule has 1 amide bonds. The van der Waals surface area contributed by atoms with Crippen LogP contribution in [0.4, 0.5) is 0 Å². The SMILES string of the molecule is CN(C)C(CNC(=O)c1ccnc(CN)c1)c1ccccc1.Cl.Cl. The minimum Gasteiger partial charge on any atom is -0.350 e. The number of carbonyl (C=O) groups excluding carboxylic acids is 1. The van der Waals surface area contributed by atoms with Gasteiger partial charge in [-0.2, -0.15) is 0 Å². The average molecular weight is 371 g/mol. The molecule has 2 aromatic rings. The molecule has 1 heterocycles. The number of nitrogens with one attached hydrogen (secondary N) is 1. The number of hydrogen-bond donors (Lipinski definition) is 2. The highest BCUT2D eigenvalue weighted by atomic mass is 35.5. The summed E-state index contributed by atoms with van der Waals surface area (Å²) in [6.45, 7) is 0.863. The highest BCUT2D eigenvalue weighted by Gasteiger charge is 2.15. The predicted octanol–water partition coefficient (Wildman–Crippen LogP) is 2.42. The highest BCUT2D eigenvalue weighted by molar-refractivity contribution is 5.94. The number of carbonyl (C=O) groups is 1. The van der Waals surface area contributed by atoms with E-state index < -0.39 is 0 Å². The number of hydrogen-bond acceptors (Lipinski definition) is 4. The largest absolute Gasteiger partial charge is 0.350 e. The van der Waals surface area contributed by atoms with Crippen molar-refractivity contribution in [1.29, 1.82) is 0 Å². The monoisotopic (exact) mass is 370 g/mol. The first-order chi connectivity index (χ1) is 10.6. The molecule has 1 aromatic heterocycles. The molecule has 1 atom stereocenters. The summed E-state index contributed by atoms with van der Waals surface area (Å²) in [7, 11) is 4.01. The number of likely N-dealkylation sites (N-methyl/N-ethyl adjacent to an activating group) is 1. The van der Waals surface area contributed by atoms with Crippen molar-refractivity contribution in [2.24, 2.45) is 5.73 Å². The second-order valence-electron chi connectivity index (χ2n) is 5.34. The molecular weight excluding hydrogens is 347 g/mol. The second kappa shape index (κ2) is 11.0. The van der Waals surface area contributed by atoms with Crippen LogP contribution in [0.1, 0.15) is 27.7 Å². The number of benzene rings is 1. The van der Waals surface area contributed by atoms with E-state index in [1.54, 1.807) is 18.3 Å². The first-order valence-corrected chi connectivity index (χ1v) is 7.26. The summed E-state index contributed by atoms with van der Waals surface area (Å²) < 4.78 is 0. The molecule has 0 fully saturated rings. The second-order valence-corrected chi connectivity index (χ2v) is 5.34. The van der Waals surface area contributed by atoms with Gasteiger partial charge in [-0.05, 0) is 31.8 Å². The molecule has 0 aliphatic carbocycles. The maximum atomic E-state index is 12.3. The van der Waals surface area contributed by atoms with Crippen LogP contribution in [0, 0.1) is 0 Å². The summed E-state index contributed by atoms with van der Waals surface area (Å²) in [4.78, 5) is 18.5. The molecule has 1 aromatic carbocycles. The first-order valence-electron chi connectivity index (χ1n) is 7.26. The predicted molar refractivity (Wildman–Crippen MR) is 102 cm³/mol. The molecule has 0 radical (unpaired) electrons. The minimum absolute atomic E-state index is 0. The summed E-state index contributed by atoms with van der Waals surface area (Å²) in [5, 5.41) is 2.98. The topological polar surface area (TPSA) is 71.2 Å². The molecule has 1 unspecified atom stereocenters. The van der Waals surface area contributed by atoms with E-state index in [1.165, 1.54) is 5.56 Å². The molecule has 0 saturated carbocycles. The number of rotatable bonds is 6. The smallest absolute Gasteiger partial charge is 0.251 e. The Balaban J connectivity index is 0.00000264. The van der Waals surface area contributed by atoms with Gasteiger partial charge in [-0.25, -0.2) is 0 Å². The van der Waals surface area contributed by atoms with Crippen molar-refractivity contribution in [3.8, 4) is 0 Å². The summed E-state index contributed by atoms with van der Waals surface area (Å²) >= 11 is 0. The molecule has 0 bridgehead atoms. The van der Waals surface area contributed by atoms with E-state index in [4.69, 9.17) is 5.73 Å². The fourth-order valence-electron chi connectivity index (χ4n) is 2.30. The average Bonchev–Trinajstić information content (AvgIpc) is 2.55. The van der Waals surface area contributed by atoms with E-state index in [1.807, 2.05) is 32.3 Å². The summed E-state index contributed by atoms with van der Waals surface area (Å²) in [5.74, 6) is -0.111. The van der Waals surface area contributed by atoms with Crippen LogP contribution in [0.2, 0.25) is 0 Å². The van der Waals surface area contributed by atoms with Crippen molar-refractivity contribution >= 4 is 30.7 Å². The molecule has 2 rings (SSSR count). The van der Waals surface area contributed by atoms with Gasteiger partial charge in [0.1, 0.15) is 0 Å². The van der Waals surface area contributed by atoms with Crippen LogP contribution >= 0.6 is 24.8 Å². The van der Waals surface area contributed by atoms with Gasteiger partial charge in [-0.3, -0.25) is 9.78 Å². The lowest BCUT2D eigenvalue weighted by Gasteiger charge is -2.25. The zero-order valence-corrected chi connectivity index (χ0v) is 15.4. The van der Waals surface area contributed by atoms with Gasteiger partial charge in [0.25, 0.3) is 5.91 Å². The first kappa shape index (κ1) is 22.3. The Bertz CT molecular complexity index is 623. The third-order valence-corrected chi connectivity index (χ3v) is 3.55. The zero-order valence-electron chi connectivity index (χ0n) is 13.8. The molecule has 7 heteroatoms. The molecule has 132 valence electrons. The van der Waals surface area contributed by atoms with Gasteiger partial charge < -0.3 is 16.0 Å². The summed E-state index contributed by atoms with van der Waals surface area (Å²) in [5.41, 5.74) is 8.02. The van der Waals surface area contributed by atoms with Crippen molar-refractivity contribution in [1.82, 2.24) is 15.2 Å². The third-order valence-electron chi connectivity index (χ3n) is 3.55. The number of pyridine rings is 1. The molecular formula is C17H24Cl2N4O. The number of nitrogens with two attached hydrogens (primary N) is 1. The van der Waals surface area contributed by atoms with Crippen LogP contribution < -0.4 is 11.1 Å². The van der Waals surface area contributed by atoms with E-state index in [2.05, 4.69) is 27.3 Å². The number of aromatic nitrogens is 1. The van der Waals surface area contributed by atoms with Gasteiger partial charge in [0, 0.05) is 24.8 Å². The normalized spacial score (nSPS) is 11.2. The van der Waals surface area contributed by atoms with Crippen LogP contribution in [0.25, 0.3) is 0 Å². The molecule has 5 nitrogen and oxygen atoms in total. The highest BCUT2D eigenvalue weighted by Crippen LogP contribution is 2.16. The van der Waals surface area contributed by atoms with Gasteiger partial charge >= 0.3 is 0 Å². The van der Waals surface area contributed by atoms with Crippen molar-refractivity contribution < 1.29 is 4.79 Å². The van der Waals surface area contributed by atoms with E-state index in [0.717, 1.165) is 0 Å². The summed E-state index contributed by atoms with van der Waals surface area (Å²) in [6.07, 6.45) is 1.61. The van der Waals surface area contributed by atoms with Gasteiger partial charge in [-0.1, -0.05) is 30.3 Å². The molecule has 3 N–H and O–H groups in total. The van der Waals surface area contributed by atoms with Gasteiger partial charge in [0.05, 0.1) is 11.7 Å². The Kier molecular flexibility index (Phi) is 10.2.